The van der Waals surface area contributed by atoms with E-state index in [4.69, 9.17) is 5.73 Å². The van der Waals surface area contributed by atoms with E-state index in [1.54, 1.807) is 0 Å². The Balaban J connectivity index is 1.89. The number of hydrogen-bond acceptors (Lipinski definition) is 5. The lowest BCUT2D eigenvalue weighted by Crippen LogP contribution is -2.17. The number of hydrogen-bond donors (Lipinski definition) is 3. The van der Waals surface area contributed by atoms with Crippen molar-refractivity contribution in [3.63, 3.8) is 0 Å². The molecule has 0 aliphatic heterocycles. The number of nitrogens with one attached hydrogen (secondary N) is 2. The summed E-state index contributed by atoms with van der Waals surface area (Å²) in [6, 6.07) is 7.47. The Morgan fingerprint density at radius 2 is 2.00 bits per heavy atom. The summed E-state index contributed by atoms with van der Waals surface area (Å²) in [6.45, 7) is 0. The van der Waals surface area contributed by atoms with Gasteiger partial charge < -0.3 is 10.7 Å². The number of aromatic nitrogens is 4. The van der Waals surface area contributed by atoms with Crippen LogP contribution in [0.25, 0.3) is 11.0 Å². The number of nitrogen functional groups attached to an aromatic ring is 1. The lowest BCUT2D eigenvalue weighted by atomic mass is 10.3. The number of rotatable bonds is 2. The second kappa shape index (κ2) is 4.37. The van der Waals surface area contributed by atoms with Crippen molar-refractivity contribution >= 4 is 28.7 Å². The normalized spacial score (nSPS) is 10.5. The van der Waals surface area contributed by atoms with E-state index in [0.717, 1.165) is 11.0 Å². The molecule has 2 heterocycles. The van der Waals surface area contributed by atoms with Crippen molar-refractivity contribution in [3.05, 3.63) is 42.4 Å². The van der Waals surface area contributed by atoms with Gasteiger partial charge >= 0.3 is 0 Å². The molecule has 4 N–H and O–H groups in total. The monoisotopic (exact) mass is 254 g/mol. The zero-order chi connectivity index (χ0) is 13.2. The lowest BCUT2D eigenvalue weighted by Gasteiger charge is -2.02. The Kier molecular flexibility index (Phi) is 2.57. The van der Waals surface area contributed by atoms with E-state index >= 15 is 0 Å². The molecule has 0 bridgehead atoms. The number of benzene rings is 1. The van der Waals surface area contributed by atoms with Gasteiger partial charge in [0, 0.05) is 12.4 Å². The van der Waals surface area contributed by atoms with Crippen LogP contribution >= 0.6 is 0 Å². The van der Waals surface area contributed by atoms with E-state index in [-0.39, 0.29) is 11.5 Å². The highest BCUT2D eigenvalue weighted by molar-refractivity contribution is 6.05. The molecule has 0 atom stereocenters. The van der Waals surface area contributed by atoms with E-state index in [2.05, 4.69) is 25.3 Å². The van der Waals surface area contributed by atoms with Gasteiger partial charge in [0.2, 0.25) is 5.95 Å². The van der Waals surface area contributed by atoms with Crippen LogP contribution in [0.4, 0.5) is 11.8 Å². The van der Waals surface area contributed by atoms with Gasteiger partial charge in [-0.15, -0.1) is 0 Å². The van der Waals surface area contributed by atoms with Crippen molar-refractivity contribution in [2.24, 2.45) is 0 Å². The number of nitrogens with two attached hydrogens (primary N) is 1. The molecule has 1 aromatic carbocycles. The van der Waals surface area contributed by atoms with Crippen LogP contribution in [0.5, 0.6) is 0 Å². The molecule has 19 heavy (non-hydrogen) atoms. The molecule has 0 saturated carbocycles. The summed E-state index contributed by atoms with van der Waals surface area (Å²) in [5.74, 6) is -0.0305. The number of nitrogens with zero attached hydrogens (tertiary/aromatic N) is 3. The summed E-state index contributed by atoms with van der Waals surface area (Å²) < 4.78 is 0. The Labute approximate surface area is 107 Å². The summed E-state index contributed by atoms with van der Waals surface area (Å²) in [4.78, 5) is 26.9. The minimum atomic E-state index is -0.454. The molecule has 1 amide bonds. The fourth-order valence-electron chi connectivity index (χ4n) is 1.70. The zero-order valence-electron chi connectivity index (χ0n) is 9.79. The Morgan fingerprint density at radius 3 is 2.79 bits per heavy atom. The second-order valence-corrected chi connectivity index (χ2v) is 3.85. The number of carbonyl (C=O) groups is 1. The van der Waals surface area contributed by atoms with Crippen molar-refractivity contribution < 1.29 is 4.79 Å². The average Bonchev–Trinajstić information content (AvgIpc) is 2.81. The topological polar surface area (TPSA) is 110 Å². The maximum absolute atomic E-state index is 12.0. The minimum absolute atomic E-state index is 0.0722. The maximum atomic E-state index is 12.0. The van der Waals surface area contributed by atoms with Gasteiger partial charge in [0.05, 0.1) is 11.0 Å². The van der Waals surface area contributed by atoms with E-state index in [0.29, 0.717) is 5.95 Å². The van der Waals surface area contributed by atoms with Crippen LogP contribution < -0.4 is 11.1 Å². The van der Waals surface area contributed by atoms with E-state index in [1.165, 1.54) is 12.4 Å². The molecule has 2 aromatic heterocycles. The van der Waals surface area contributed by atoms with Gasteiger partial charge in [0.1, 0.15) is 0 Å². The molecule has 0 aliphatic rings. The first-order chi connectivity index (χ1) is 9.24. The lowest BCUT2D eigenvalue weighted by molar-refractivity contribution is 0.102. The number of anilines is 2. The maximum Gasteiger partial charge on any atom is 0.280 e. The fraction of sp³-hybridized carbons (Fsp3) is 0. The number of fused-ring (bicyclic) bond motifs is 1. The van der Waals surface area contributed by atoms with Crippen LogP contribution in [0.3, 0.4) is 0 Å². The smallest absolute Gasteiger partial charge is 0.280 e. The molecule has 0 aliphatic carbocycles. The van der Waals surface area contributed by atoms with Crippen molar-refractivity contribution in [2.45, 2.75) is 0 Å². The van der Waals surface area contributed by atoms with Crippen LogP contribution in [0, 0.1) is 0 Å². The molecule has 7 heteroatoms. The number of H-pyrrole nitrogens is 1. The van der Waals surface area contributed by atoms with Crippen molar-refractivity contribution in [1.29, 1.82) is 0 Å². The quantitative estimate of drug-likeness (QED) is 0.636. The van der Waals surface area contributed by atoms with Gasteiger partial charge in [0.15, 0.2) is 11.5 Å². The number of amides is 1. The van der Waals surface area contributed by atoms with E-state index in [1.807, 2.05) is 24.3 Å². The predicted octanol–water partition coefficient (Wildman–Crippen LogP) is 1.19. The molecular weight excluding hydrogens is 244 g/mol. The van der Waals surface area contributed by atoms with Crippen LogP contribution in [-0.4, -0.2) is 25.8 Å². The third-order valence-corrected chi connectivity index (χ3v) is 2.56. The Hall–Kier alpha value is -2.96. The SMILES string of the molecule is Nc1nccnc1C(=O)Nc1nc2ccccc2[nH]1. The highest BCUT2D eigenvalue weighted by Crippen LogP contribution is 2.14. The molecule has 0 radical (unpaired) electrons. The first kappa shape index (κ1) is 11.1. The standard InChI is InChI=1S/C12H10N6O/c13-10-9(14-5-6-15-10)11(19)18-12-16-7-3-1-2-4-8(7)17-12/h1-6H,(H2,13,15)(H2,16,17,18,19). The number of carbonyl (C=O) groups excluding carboxylic acids is 1. The number of para-hydroxylation sites is 2. The van der Waals surface area contributed by atoms with Crippen molar-refractivity contribution in [1.82, 2.24) is 19.9 Å². The summed E-state index contributed by atoms with van der Waals surface area (Å²) in [6.07, 6.45) is 2.83. The molecule has 0 spiro atoms. The van der Waals surface area contributed by atoms with Crippen LogP contribution in [0.2, 0.25) is 0 Å². The summed E-state index contributed by atoms with van der Waals surface area (Å²) in [7, 11) is 0. The van der Waals surface area contributed by atoms with Gasteiger partial charge in [-0.2, -0.15) is 0 Å². The van der Waals surface area contributed by atoms with Gasteiger partial charge in [-0.3, -0.25) is 10.1 Å². The highest BCUT2D eigenvalue weighted by Gasteiger charge is 2.13. The first-order valence-corrected chi connectivity index (χ1v) is 5.56. The summed E-state index contributed by atoms with van der Waals surface area (Å²) >= 11 is 0. The molecule has 94 valence electrons. The molecule has 0 unspecified atom stereocenters. The predicted molar refractivity (Wildman–Crippen MR) is 70.5 cm³/mol. The molecule has 3 aromatic rings. The molecule has 3 rings (SSSR count). The molecule has 0 saturated heterocycles. The van der Waals surface area contributed by atoms with Crippen LogP contribution in [0.15, 0.2) is 36.7 Å². The Bertz CT molecular complexity index is 718. The minimum Gasteiger partial charge on any atom is -0.382 e. The second-order valence-electron chi connectivity index (χ2n) is 3.85. The van der Waals surface area contributed by atoms with Crippen LogP contribution in [-0.2, 0) is 0 Å². The fourth-order valence-corrected chi connectivity index (χ4v) is 1.70. The van der Waals surface area contributed by atoms with Crippen molar-refractivity contribution in [2.75, 3.05) is 11.1 Å². The van der Waals surface area contributed by atoms with Crippen molar-refractivity contribution in [3.8, 4) is 0 Å². The highest BCUT2D eigenvalue weighted by atomic mass is 16.2. The third kappa shape index (κ3) is 2.08. The third-order valence-electron chi connectivity index (χ3n) is 2.56. The average molecular weight is 254 g/mol. The molecule has 0 fully saturated rings. The van der Waals surface area contributed by atoms with E-state index in [9.17, 15) is 4.79 Å². The first-order valence-electron chi connectivity index (χ1n) is 5.56. The summed E-state index contributed by atoms with van der Waals surface area (Å²) in [5.41, 5.74) is 7.26. The molecular formula is C12H10N6O. The van der Waals surface area contributed by atoms with Gasteiger partial charge in [0.25, 0.3) is 5.91 Å². The molecule has 7 nitrogen and oxygen atoms in total. The Morgan fingerprint density at radius 1 is 1.21 bits per heavy atom. The number of imidazole rings is 1. The van der Waals surface area contributed by atoms with Gasteiger partial charge in [-0.05, 0) is 12.1 Å². The van der Waals surface area contributed by atoms with Gasteiger partial charge in [-0.1, -0.05) is 12.1 Å². The zero-order valence-corrected chi connectivity index (χ0v) is 9.79. The number of aromatic amines is 1. The summed E-state index contributed by atoms with van der Waals surface area (Å²) in [5, 5.41) is 2.60. The largest absolute Gasteiger partial charge is 0.382 e. The van der Waals surface area contributed by atoms with E-state index < -0.39 is 5.91 Å². The van der Waals surface area contributed by atoms with Gasteiger partial charge in [-0.25, -0.2) is 15.0 Å². The van der Waals surface area contributed by atoms with Crippen LogP contribution in [0.1, 0.15) is 10.5 Å².